The Kier molecular flexibility index (Phi) is 43.1. The highest BCUT2D eigenvalue weighted by atomic mass is 79.9. The van der Waals surface area contributed by atoms with Crippen LogP contribution in [0.3, 0.4) is 0 Å². The van der Waals surface area contributed by atoms with Gasteiger partial charge in [-0.25, -0.2) is 9.18 Å². The number of hydrogen-bond donors (Lipinski definition) is 17. The van der Waals surface area contributed by atoms with E-state index in [-0.39, 0.29) is 63.0 Å². The Hall–Kier alpha value is -11.7. The van der Waals surface area contributed by atoms with E-state index < -0.39 is 268 Å². The summed E-state index contributed by atoms with van der Waals surface area (Å²) in [6.45, 7) is 1.68. The molecule has 13 atom stereocenters. The van der Waals surface area contributed by atoms with Gasteiger partial charge in [0.1, 0.15) is 61.4 Å². The lowest BCUT2D eigenvalue weighted by Crippen LogP contribution is -2.57. The van der Waals surface area contributed by atoms with Crippen molar-refractivity contribution in [1.29, 1.82) is 0 Å². The van der Waals surface area contributed by atoms with Crippen molar-refractivity contribution in [3.05, 3.63) is 64.0 Å². The molecule has 2 heterocycles. The molecule has 2 aromatic carbocycles. The average molecular weight is 1740 g/mol. The number of aliphatic carboxylic acids is 2. The van der Waals surface area contributed by atoms with Gasteiger partial charge in [-0.05, 0) is 94.5 Å². The number of carbonyl (C=O) groups excluding carboxylic acids is 18. The molecule has 4 rings (SSSR count). The number of nitrogens with one attached hydrogen (secondary N) is 12. The molecule has 11 amide bonds. The number of carboxylic acids is 2. The Bertz CT molecular complexity index is 4130. The first-order chi connectivity index (χ1) is 56.5. The molecule has 0 spiro atoms. The molecule has 40 nitrogen and oxygen atoms in total. The molecule has 0 bridgehead atoms. The molecule has 1 fully saturated rings. The van der Waals surface area contributed by atoms with Crippen molar-refractivity contribution in [2.75, 3.05) is 51.3 Å². The number of ketones is 4. The zero-order chi connectivity index (χ0) is 88.6. The van der Waals surface area contributed by atoms with Gasteiger partial charge in [0.25, 0.3) is 12.9 Å². The topological polar surface area (TPSA) is 630 Å². The molecule has 1 aliphatic heterocycles. The Morgan fingerprint density at radius 1 is 0.681 bits per heavy atom. The molecular formula is C77H106BrFN14O26. The molecule has 42 heteroatoms. The number of H-pyrrole nitrogens is 1. The number of cyclic esters (lactones) is 1. The Morgan fingerprint density at radius 2 is 1.31 bits per heavy atom. The minimum Gasteiger partial charge on any atom is -0.481 e. The molecule has 1 saturated heterocycles. The van der Waals surface area contributed by atoms with Crippen LogP contribution >= 0.6 is 15.9 Å². The first-order valence-corrected chi connectivity index (χ1v) is 39.5. The minimum absolute atomic E-state index is 0.00884. The number of carboxylic acid groups (broad SMARTS) is 2. The van der Waals surface area contributed by atoms with Crippen LogP contribution in [0.2, 0.25) is 0 Å². The molecule has 3 aromatic rings. The third kappa shape index (κ3) is 34.4. The normalized spacial score (nSPS) is 21.0. The van der Waals surface area contributed by atoms with Gasteiger partial charge >= 0.3 is 17.9 Å². The van der Waals surface area contributed by atoms with Crippen LogP contribution in [-0.4, -0.2) is 240 Å². The van der Waals surface area contributed by atoms with Crippen LogP contribution in [0, 0.1) is 29.5 Å². The minimum atomic E-state index is -2.39. The number of esters is 1. The number of aliphatic hydroxyl groups excluding tert-OH is 1. The van der Waals surface area contributed by atoms with Crippen LogP contribution in [0.4, 0.5) is 10.1 Å². The Morgan fingerprint density at radius 3 is 1.94 bits per heavy atom. The lowest BCUT2D eigenvalue weighted by atomic mass is 9.84. The molecule has 0 unspecified atom stereocenters. The standard InChI is InChI=1S/C77H106BrFN14O26/c1-6-8-9-10-11-12-13-16-64(102)88-55(23-44-32-83-51-20-18-47(79)28-49(44)51)75(114)90-54(31-63(81)101)61(99)24-43(26-68(107)108)71(110)93-69-42(5)119-77(116)56(30-59(97)50-27-46(78)17-19-52(50)82-7-2)91-73(112)48(40(3)22-67(105)106)29-62(100)57(35-94)89-66(104)33-84-74(113)58(37-118-39-96)92-70(109)41(4)86-72(111)45(36-117-38-95)25-60(98)53(15-14-21-80)87-65(103)34-85-76(69)115/h17-20,27-28,32,38-43,45,48,53-58,69,82-83,94H,6-16,21-26,29-31,33-37,80H2,1-5H3,(H2,81,101)(H,84,113)(H,85,115)(H,86,111)(H,87,103)(H,88,102)(H,89,104)(H,90,114)(H,91,112)(H,92,109)(H,93,110)(H,105,106)(H,107,108)/t40-,41-,42-,43+,45+,48+,53+,54-,55+,56+,57-,58+,69+/m1/s1. The summed E-state index contributed by atoms with van der Waals surface area (Å²) in [5.74, 6) is -30.3. The van der Waals surface area contributed by atoms with Crippen molar-refractivity contribution in [2.45, 2.75) is 205 Å². The van der Waals surface area contributed by atoms with Crippen molar-refractivity contribution in [2.24, 2.45) is 35.1 Å². The first-order valence-electron chi connectivity index (χ1n) is 38.7. The second-order valence-electron chi connectivity index (χ2n) is 28.6. The van der Waals surface area contributed by atoms with Gasteiger partial charge in [0.05, 0.1) is 56.5 Å². The number of benzene rings is 2. The molecule has 119 heavy (non-hydrogen) atoms. The van der Waals surface area contributed by atoms with Gasteiger partial charge in [-0.1, -0.05) is 68.3 Å². The number of nitrogens with two attached hydrogens (primary N) is 2. The number of aliphatic hydroxyl groups is 1. The molecule has 0 saturated carbocycles. The maximum atomic E-state index is 15.1. The van der Waals surface area contributed by atoms with Crippen LogP contribution in [0.25, 0.3) is 10.9 Å². The number of unbranched alkanes of at least 4 members (excludes halogenated alkanes) is 6. The van der Waals surface area contributed by atoms with Gasteiger partial charge in [0.2, 0.25) is 65.0 Å². The van der Waals surface area contributed by atoms with Crippen molar-refractivity contribution in [1.82, 2.24) is 58.2 Å². The number of anilines is 1. The predicted molar refractivity (Wildman–Crippen MR) is 421 cm³/mol. The van der Waals surface area contributed by atoms with Crippen molar-refractivity contribution in [3.63, 3.8) is 0 Å². The molecule has 0 radical (unpaired) electrons. The van der Waals surface area contributed by atoms with Crippen LogP contribution in [0.15, 0.2) is 47.1 Å². The lowest BCUT2D eigenvalue weighted by Gasteiger charge is -2.29. The molecule has 654 valence electrons. The summed E-state index contributed by atoms with van der Waals surface area (Å²) in [5.41, 5.74) is 12.2. The van der Waals surface area contributed by atoms with Crippen LogP contribution < -0.4 is 70.0 Å². The molecule has 1 aromatic heterocycles. The maximum Gasteiger partial charge on any atom is 0.329 e. The van der Waals surface area contributed by atoms with Gasteiger partial charge in [-0.15, -0.1) is 0 Å². The highest BCUT2D eigenvalue weighted by Gasteiger charge is 2.41. The summed E-state index contributed by atoms with van der Waals surface area (Å²) in [5, 5.41) is 56.9. The van der Waals surface area contributed by atoms with Gasteiger partial charge in [-0.2, -0.15) is 0 Å². The van der Waals surface area contributed by atoms with Crippen molar-refractivity contribution < 1.29 is 130 Å². The number of Topliss-reactive ketones (excluding diaryl/α,β-unsaturated/α-hetero) is 4. The summed E-state index contributed by atoms with van der Waals surface area (Å²) in [6, 6.07) is -7.12. The zero-order valence-electron chi connectivity index (χ0n) is 66.5. The predicted octanol–water partition coefficient (Wildman–Crippen LogP) is -1.20. The van der Waals surface area contributed by atoms with Crippen LogP contribution in [-0.2, 0) is 112 Å². The average Bonchev–Trinajstić information content (AvgIpc) is 1.71. The number of aromatic nitrogens is 1. The zero-order valence-corrected chi connectivity index (χ0v) is 68.1. The lowest BCUT2D eigenvalue weighted by molar-refractivity contribution is -0.156. The van der Waals surface area contributed by atoms with E-state index in [0.717, 1.165) is 46.0 Å². The highest BCUT2D eigenvalue weighted by Crippen LogP contribution is 2.27. The van der Waals surface area contributed by atoms with E-state index in [0.29, 0.717) is 33.8 Å². The fraction of sp³-hybridized carbons (Fsp3) is 0.558. The van der Waals surface area contributed by atoms with E-state index in [4.69, 9.17) is 25.7 Å². The Labute approximate surface area is 691 Å². The van der Waals surface area contributed by atoms with Gasteiger partial charge < -0.3 is 104 Å². The third-order valence-corrected chi connectivity index (χ3v) is 19.7. The van der Waals surface area contributed by atoms with E-state index in [2.05, 4.69) is 86.3 Å². The smallest absolute Gasteiger partial charge is 0.329 e. The number of amides is 11. The van der Waals surface area contributed by atoms with E-state index >= 15 is 4.79 Å². The van der Waals surface area contributed by atoms with Crippen LogP contribution in [0.1, 0.15) is 160 Å². The maximum absolute atomic E-state index is 15.1. The second-order valence-corrected chi connectivity index (χ2v) is 29.5. The fourth-order valence-electron chi connectivity index (χ4n) is 12.7. The van der Waals surface area contributed by atoms with Gasteiger partial charge in [-0.3, -0.25) is 91.1 Å². The molecular weight excluding hydrogens is 1640 g/mol. The fourth-order valence-corrected chi connectivity index (χ4v) is 13.1. The molecule has 19 N–H and O–H groups in total. The number of aromatic amines is 1. The van der Waals surface area contributed by atoms with Gasteiger partial charge in [0, 0.05) is 90.2 Å². The SMILES string of the molecule is CCCCCCCCCC(=O)N[C@@H](Cc1c[nH]c2ccc(F)cc12)C(=O)N[C@H](CC(N)=O)C(=O)C[C@@H](CC(=O)O)C(=O)N[C@@H]1C(=O)NCC(=O)N[C@@H](CCCN)C(=O)C[C@@H](COC=O)C(=O)N[C@H](C)C(=O)N[C@@H](COC=O)C(=O)NCC(=O)N[C@H](CO)C(=O)C[C@@H]([C@H](C)CC(=O)O)C(=O)N[C@@H](CC(=O)c2cc(Br)ccc2NCC)C(=O)O[C@@H]1C. The summed E-state index contributed by atoms with van der Waals surface area (Å²) in [6.07, 6.45) is -2.95. The van der Waals surface area contributed by atoms with E-state index in [1.165, 1.54) is 43.5 Å². The van der Waals surface area contributed by atoms with E-state index in [1.807, 2.05) is 0 Å². The number of hydrogen-bond acceptors (Lipinski definition) is 26. The van der Waals surface area contributed by atoms with E-state index in [1.54, 1.807) is 13.0 Å². The van der Waals surface area contributed by atoms with Crippen molar-refractivity contribution >= 4 is 151 Å². The number of carbonyl (C=O) groups is 20. The van der Waals surface area contributed by atoms with E-state index in [9.17, 15) is 111 Å². The number of fused-ring (bicyclic) bond motifs is 1. The number of primary amides is 1. The molecule has 1 aliphatic rings. The summed E-state index contributed by atoms with van der Waals surface area (Å²) in [4.78, 5) is 278. The monoisotopic (exact) mass is 1740 g/mol. The number of ether oxygens (including phenoxy) is 3. The molecule has 0 aliphatic carbocycles. The highest BCUT2D eigenvalue weighted by molar-refractivity contribution is 9.10. The summed E-state index contributed by atoms with van der Waals surface area (Å²) < 4.78 is 30.3. The van der Waals surface area contributed by atoms with Gasteiger partial charge in [0.15, 0.2) is 23.1 Å². The summed E-state index contributed by atoms with van der Waals surface area (Å²) in [7, 11) is 0. The van der Waals surface area contributed by atoms with Crippen LogP contribution in [0.5, 0.6) is 0 Å². The Balaban J connectivity index is 1.91. The second kappa shape index (κ2) is 51.5. The largest absolute Gasteiger partial charge is 0.481 e. The third-order valence-electron chi connectivity index (χ3n) is 19.2. The quantitative estimate of drug-likeness (QED) is 0.0104. The van der Waals surface area contributed by atoms with Crippen molar-refractivity contribution in [3.8, 4) is 0 Å². The number of rotatable bonds is 40. The summed E-state index contributed by atoms with van der Waals surface area (Å²) >= 11 is 3.29. The first kappa shape index (κ1) is 99.7. The number of halogens is 2.